The highest BCUT2D eigenvalue weighted by Gasteiger charge is 2.14. The zero-order valence-corrected chi connectivity index (χ0v) is 17.4. The molecule has 0 spiro atoms. The van der Waals surface area contributed by atoms with E-state index in [-0.39, 0.29) is 22.8 Å². The van der Waals surface area contributed by atoms with Gasteiger partial charge in [0.2, 0.25) is 0 Å². The Balaban J connectivity index is 0.00000529. The zero-order chi connectivity index (χ0) is 17.1. The first-order valence-electron chi connectivity index (χ1n) is 9.00. The monoisotopic (exact) mass is 399 g/mol. The van der Waals surface area contributed by atoms with Crippen LogP contribution in [0.2, 0.25) is 0 Å². The topological polar surface area (TPSA) is 26.3 Å². The van der Waals surface area contributed by atoms with Crippen molar-refractivity contribution in [2.45, 2.75) is 52.4 Å². The van der Waals surface area contributed by atoms with Gasteiger partial charge in [0.1, 0.15) is 18.9 Å². The molecule has 0 unspecified atom stereocenters. The number of carbonyl (C=O) groups excluding carboxylic acids is 1. The molecular formula is C20H34BrNO2. The first kappa shape index (κ1) is 23.1. The van der Waals surface area contributed by atoms with E-state index >= 15 is 0 Å². The molecule has 0 radical (unpaired) electrons. The molecule has 3 nitrogen and oxygen atoms in total. The molecule has 4 heteroatoms. The molecule has 0 aliphatic rings. The number of quaternary nitrogens is 1. The van der Waals surface area contributed by atoms with Crippen molar-refractivity contribution in [1.82, 2.24) is 0 Å². The van der Waals surface area contributed by atoms with Crippen molar-refractivity contribution in [2.24, 2.45) is 0 Å². The Labute approximate surface area is 158 Å². The van der Waals surface area contributed by atoms with Crippen LogP contribution in [0.25, 0.3) is 0 Å². The van der Waals surface area contributed by atoms with Gasteiger partial charge in [-0.05, 0) is 44.0 Å². The summed E-state index contributed by atoms with van der Waals surface area (Å²) in [5, 5.41) is 0. The number of hydrogen-bond donors (Lipinski definition) is 0. The van der Waals surface area contributed by atoms with Crippen molar-refractivity contribution in [3.8, 4) is 5.75 Å². The van der Waals surface area contributed by atoms with E-state index in [4.69, 9.17) is 4.74 Å². The van der Waals surface area contributed by atoms with Gasteiger partial charge in [-0.15, -0.1) is 0 Å². The van der Waals surface area contributed by atoms with Crippen molar-refractivity contribution in [2.75, 3.05) is 33.8 Å². The predicted octanol–water partition coefficient (Wildman–Crippen LogP) is 1.71. The van der Waals surface area contributed by atoms with Gasteiger partial charge in [0.15, 0.2) is 5.78 Å². The number of halogens is 1. The standard InChI is InChI=1S/C20H34NO2.BrH/c1-5-6-7-8-9-10-15-21(3,4)16-17-23-20-13-11-19(12-14-20)18(2)22;/h11-14H,5-10,15-17H2,1-4H3;1H/q+1;/p-1. The van der Waals surface area contributed by atoms with Gasteiger partial charge in [-0.25, -0.2) is 0 Å². The zero-order valence-electron chi connectivity index (χ0n) is 15.8. The fourth-order valence-corrected chi connectivity index (χ4v) is 2.63. The summed E-state index contributed by atoms with van der Waals surface area (Å²) in [6.45, 7) is 6.76. The minimum Gasteiger partial charge on any atom is -1.00 e. The fourth-order valence-electron chi connectivity index (χ4n) is 2.63. The van der Waals surface area contributed by atoms with Gasteiger partial charge in [-0.1, -0.05) is 32.6 Å². The van der Waals surface area contributed by atoms with E-state index in [0.717, 1.165) is 22.3 Å². The molecule has 0 atom stereocenters. The molecule has 0 aromatic heterocycles. The smallest absolute Gasteiger partial charge is 0.159 e. The molecular weight excluding hydrogens is 366 g/mol. The third-order valence-electron chi connectivity index (χ3n) is 4.34. The van der Waals surface area contributed by atoms with Crippen molar-refractivity contribution in [1.29, 1.82) is 0 Å². The van der Waals surface area contributed by atoms with Gasteiger partial charge >= 0.3 is 0 Å². The Morgan fingerprint density at radius 1 is 0.958 bits per heavy atom. The van der Waals surface area contributed by atoms with Gasteiger partial charge in [-0.2, -0.15) is 0 Å². The maximum absolute atomic E-state index is 11.2. The number of likely N-dealkylation sites (N-methyl/N-ethyl adjacent to an activating group) is 1. The molecule has 24 heavy (non-hydrogen) atoms. The maximum atomic E-state index is 11.2. The van der Waals surface area contributed by atoms with Gasteiger partial charge < -0.3 is 26.2 Å². The summed E-state index contributed by atoms with van der Waals surface area (Å²) in [4.78, 5) is 11.2. The van der Waals surface area contributed by atoms with Crippen LogP contribution in [0.5, 0.6) is 5.75 Å². The summed E-state index contributed by atoms with van der Waals surface area (Å²) in [6, 6.07) is 7.41. The number of hydrogen-bond acceptors (Lipinski definition) is 2. The first-order valence-corrected chi connectivity index (χ1v) is 9.00. The van der Waals surface area contributed by atoms with Crippen LogP contribution in [0.4, 0.5) is 0 Å². The van der Waals surface area contributed by atoms with E-state index in [1.807, 2.05) is 24.3 Å². The molecule has 0 saturated heterocycles. The number of unbranched alkanes of at least 4 members (excludes halogenated alkanes) is 5. The van der Waals surface area contributed by atoms with Gasteiger partial charge in [-0.3, -0.25) is 4.79 Å². The minimum atomic E-state index is 0. The average Bonchev–Trinajstić information content (AvgIpc) is 2.51. The van der Waals surface area contributed by atoms with Crippen LogP contribution in [0.1, 0.15) is 62.7 Å². The Kier molecular flexibility index (Phi) is 12.0. The van der Waals surface area contributed by atoms with Gasteiger partial charge in [0.25, 0.3) is 0 Å². The van der Waals surface area contributed by atoms with E-state index in [0.29, 0.717) is 6.61 Å². The predicted molar refractivity (Wildman–Crippen MR) is 97.2 cm³/mol. The molecule has 1 aromatic rings. The second-order valence-electron chi connectivity index (χ2n) is 7.08. The second-order valence-corrected chi connectivity index (χ2v) is 7.08. The minimum absolute atomic E-state index is 0. The molecule has 0 N–H and O–H groups in total. The quantitative estimate of drug-likeness (QED) is 0.303. The van der Waals surface area contributed by atoms with Crippen LogP contribution < -0.4 is 21.7 Å². The molecule has 0 fully saturated rings. The van der Waals surface area contributed by atoms with Crippen LogP contribution in [0.3, 0.4) is 0 Å². The van der Waals surface area contributed by atoms with Crippen molar-refractivity contribution in [3.05, 3.63) is 29.8 Å². The molecule has 0 saturated carbocycles. The van der Waals surface area contributed by atoms with E-state index in [2.05, 4.69) is 21.0 Å². The highest BCUT2D eigenvalue weighted by Crippen LogP contribution is 2.13. The normalized spacial score (nSPS) is 11.0. The molecule has 138 valence electrons. The highest BCUT2D eigenvalue weighted by molar-refractivity contribution is 5.94. The van der Waals surface area contributed by atoms with Gasteiger partial charge in [0, 0.05) is 5.56 Å². The third-order valence-corrected chi connectivity index (χ3v) is 4.34. The first-order chi connectivity index (χ1) is 10.9. The number of Topliss-reactive ketones (excluding diaryl/α,β-unsaturated/α-hetero) is 1. The Morgan fingerprint density at radius 3 is 2.12 bits per heavy atom. The molecule has 0 aliphatic carbocycles. The highest BCUT2D eigenvalue weighted by atomic mass is 79.9. The Hall–Kier alpha value is -0.870. The maximum Gasteiger partial charge on any atom is 0.159 e. The molecule has 0 heterocycles. The lowest BCUT2D eigenvalue weighted by atomic mass is 10.1. The van der Waals surface area contributed by atoms with Crippen molar-refractivity contribution < 1.29 is 31.0 Å². The van der Waals surface area contributed by atoms with Crippen molar-refractivity contribution in [3.63, 3.8) is 0 Å². The average molecular weight is 400 g/mol. The van der Waals surface area contributed by atoms with Crippen LogP contribution in [-0.2, 0) is 0 Å². The number of ether oxygens (including phenoxy) is 1. The van der Waals surface area contributed by atoms with Crippen LogP contribution in [0.15, 0.2) is 24.3 Å². The lowest BCUT2D eigenvalue weighted by Crippen LogP contribution is -3.00. The van der Waals surface area contributed by atoms with Gasteiger partial charge in [0.05, 0.1) is 20.6 Å². The van der Waals surface area contributed by atoms with Crippen LogP contribution in [0, 0.1) is 0 Å². The third kappa shape index (κ3) is 10.1. The number of ketones is 1. The number of carbonyl (C=O) groups is 1. The number of rotatable bonds is 12. The SMILES string of the molecule is CCCCCCCC[N+](C)(C)CCOc1ccc(C(C)=O)cc1.[Br-]. The number of nitrogens with zero attached hydrogens (tertiary/aromatic N) is 1. The van der Waals surface area contributed by atoms with E-state index in [1.165, 1.54) is 45.1 Å². The summed E-state index contributed by atoms with van der Waals surface area (Å²) in [6.07, 6.45) is 8.07. The molecule has 1 aromatic carbocycles. The lowest BCUT2D eigenvalue weighted by Gasteiger charge is -2.29. The van der Waals surface area contributed by atoms with E-state index in [9.17, 15) is 4.79 Å². The molecule has 0 aliphatic heterocycles. The summed E-state index contributed by atoms with van der Waals surface area (Å²) < 4.78 is 6.81. The Bertz CT molecular complexity index is 457. The largest absolute Gasteiger partial charge is 1.00 e. The van der Waals surface area contributed by atoms with E-state index < -0.39 is 0 Å². The van der Waals surface area contributed by atoms with Crippen molar-refractivity contribution >= 4 is 5.78 Å². The lowest BCUT2D eigenvalue weighted by molar-refractivity contribution is -0.890. The molecule has 0 bridgehead atoms. The molecule has 1 rings (SSSR count). The summed E-state index contributed by atoms with van der Waals surface area (Å²) in [7, 11) is 4.54. The second kappa shape index (κ2) is 12.5. The summed E-state index contributed by atoms with van der Waals surface area (Å²) in [5.74, 6) is 0.933. The number of benzene rings is 1. The summed E-state index contributed by atoms with van der Waals surface area (Å²) >= 11 is 0. The molecule has 0 amide bonds. The summed E-state index contributed by atoms with van der Waals surface area (Å²) in [5.41, 5.74) is 0.733. The van der Waals surface area contributed by atoms with Crippen LogP contribution >= 0.6 is 0 Å². The fraction of sp³-hybridized carbons (Fsp3) is 0.650. The Morgan fingerprint density at radius 2 is 1.54 bits per heavy atom. The van der Waals surface area contributed by atoms with E-state index in [1.54, 1.807) is 6.92 Å². The van der Waals surface area contributed by atoms with Crippen LogP contribution in [-0.4, -0.2) is 44.1 Å².